The first-order valence-electron chi connectivity index (χ1n) is 7.27. The van der Waals surface area contributed by atoms with Gasteiger partial charge in [0.05, 0.1) is 0 Å². The van der Waals surface area contributed by atoms with E-state index in [1.54, 1.807) is 12.1 Å². The molecule has 0 radical (unpaired) electrons. The Kier molecular flexibility index (Phi) is 3.68. The fraction of sp³-hybridized carbons (Fsp3) is 0.615. The minimum absolute atomic E-state index is 0.112. The van der Waals surface area contributed by atoms with E-state index < -0.39 is 0 Å². The number of piperidine rings is 1. The summed E-state index contributed by atoms with van der Waals surface area (Å²) in [4.78, 5) is 14.5. The molecule has 1 fully saturated rings. The molecule has 3 heterocycles. The second-order valence-corrected chi connectivity index (χ2v) is 5.49. The summed E-state index contributed by atoms with van der Waals surface area (Å²) in [5, 5.41) is 18.4. The lowest BCUT2D eigenvalue weighted by molar-refractivity contribution is -0.134. The van der Waals surface area contributed by atoms with Crippen LogP contribution in [0, 0.1) is 0 Å². The van der Waals surface area contributed by atoms with Crippen LogP contribution in [0.5, 0.6) is 0 Å². The molecule has 1 saturated heterocycles. The molecular weight excluding hydrogens is 270 g/mol. The maximum atomic E-state index is 12.5. The summed E-state index contributed by atoms with van der Waals surface area (Å²) in [6.45, 7) is 4.80. The van der Waals surface area contributed by atoms with Crippen molar-refractivity contribution in [1.82, 2.24) is 30.2 Å². The highest BCUT2D eigenvalue weighted by molar-refractivity contribution is 5.84. The van der Waals surface area contributed by atoms with Crippen LogP contribution in [-0.4, -0.2) is 54.7 Å². The van der Waals surface area contributed by atoms with Crippen molar-refractivity contribution in [2.45, 2.75) is 45.2 Å². The van der Waals surface area contributed by atoms with Crippen LogP contribution in [0.15, 0.2) is 12.1 Å². The lowest BCUT2D eigenvalue weighted by Crippen LogP contribution is -2.48. The molecule has 2 aromatic rings. The number of hydrogen-bond donors (Lipinski definition) is 1. The molecule has 0 spiro atoms. The monoisotopic (exact) mass is 289 g/mol. The number of amides is 1. The number of nitrogens with one attached hydrogen (secondary N) is 1. The van der Waals surface area contributed by atoms with Gasteiger partial charge in [-0.2, -0.15) is 0 Å². The van der Waals surface area contributed by atoms with E-state index in [2.05, 4.69) is 32.9 Å². The maximum Gasteiger partial charge on any atom is 0.245 e. The molecule has 2 unspecified atom stereocenters. The summed E-state index contributed by atoms with van der Waals surface area (Å²) in [6.07, 6.45) is 3.36. The highest BCUT2D eigenvalue weighted by atomic mass is 16.2. The van der Waals surface area contributed by atoms with Crippen molar-refractivity contribution in [3.8, 4) is 0 Å². The average molecular weight is 289 g/mol. The second-order valence-electron chi connectivity index (χ2n) is 5.49. The zero-order valence-corrected chi connectivity index (χ0v) is 12.2. The van der Waals surface area contributed by atoms with Crippen molar-refractivity contribution in [3.63, 3.8) is 0 Å². The Morgan fingerprint density at radius 2 is 2.29 bits per heavy atom. The third-order valence-corrected chi connectivity index (χ3v) is 3.89. The van der Waals surface area contributed by atoms with E-state index in [1.165, 1.54) is 11.1 Å². The van der Waals surface area contributed by atoms with Crippen LogP contribution in [0.2, 0.25) is 0 Å². The van der Waals surface area contributed by atoms with E-state index in [9.17, 15) is 4.79 Å². The average Bonchev–Trinajstić information content (AvgIpc) is 2.94. The van der Waals surface area contributed by atoms with Gasteiger partial charge in [0.25, 0.3) is 0 Å². The molecule has 1 N–H and O–H groups in total. The third kappa shape index (κ3) is 2.79. The summed E-state index contributed by atoms with van der Waals surface area (Å²) >= 11 is 0. The van der Waals surface area contributed by atoms with Gasteiger partial charge in [-0.3, -0.25) is 4.79 Å². The summed E-state index contributed by atoms with van der Waals surface area (Å²) in [5.41, 5.74) is 0.573. The zero-order chi connectivity index (χ0) is 14.8. The van der Waals surface area contributed by atoms with Crippen molar-refractivity contribution in [2.24, 2.45) is 0 Å². The van der Waals surface area contributed by atoms with Crippen molar-refractivity contribution in [1.29, 1.82) is 0 Å². The normalized spacial score (nSPS) is 20.5. The van der Waals surface area contributed by atoms with Gasteiger partial charge in [-0.05, 0) is 55.7 Å². The first-order valence-corrected chi connectivity index (χ1v) is 7.27. The van der Waals surface area contributed by atoms with E-state index in [1.807, 2.05) is 11.8 Å². The summed E-state index contributed by atoms with van der Waals surface area (Å²) in [6, 6.07) is 3.52. The van der Waals surface area contributed by atoms with Crippen LogP contribution >= 0.6 is 0 Å². The summed E-state index contributed by atoms with van der Waals surface area (Å²) < 4.78 is 1.34. The van der Waals surface area contributed by atoms with Crippen molar-refractivity contribution < 1.29 is 4.79 Å². The van der Waals surface area contributed by atoms with Gasteiger partial charge in [0.1, 0.15) is 11.9 Å². The number of anilines is 1. The maximum absolute atomic E-state index is 12.5. The van der Waals surface area contributed by atoms with Gasteiger partial charge >= 0.3 is 0 Å². The zero-order valence-electron chi connectivity index (χ0n) is 12.2. The van der Waals surface area contributed by atoms with Gasteiger partial charge < -0.3 is 10.2 Å². The predicted molar refractivity (Wildman–Crippen MR) is 76.7 cm³/mol. The Hall–Kier alpha value is -2.25. The van der Waals surface area contributed by atoms with E-state index in [0.717, 1.165) is 19.4 Å². The number of carbonyl (C=O) groups is 1. The van der Waals surface area contributed by atoms with Crippen molar-refractivity contribution in [2.75, 3.05) is 11.9 Å². The molecule has 1 aliphatic heterocycles. The van der Waals surface area contributed by atoms with Gasteiger partial charge in [0, 0.05) is 12.6 Å². The topological polar surface area (TPSA) is 88.3 Å². The van der Waals surface area contributed by atoms with Crippen LogP contribution in [0.3, 0.4) is 0 Å². The standard InChI is InChI=1S/C13H19N7O/c1-9-5-3-4-8-19(9)13(21)10(2)14-11-6-7-12-15-17-18-20(12)16-11/h6-7,9-10H,3-5,8H2,1-2H3,(H,14,16). The Balaban J connectivity index is 1.69. The molecule has 0 saturated carbocycles. The first-order chi connectivity index (χ1) is 10.1. The summed E-state index contributed by atoms with van der Waals surface area (Å²) in [5.74, 6) is 0.695. The molecule has 8 nitrogen and oxygen atoms in total. The van der Waals surface area contributed by atoms with Crippen LogP contribution in [0.25, 0.3) is 5.65 Å². The highest BCUT2D eigenvalue weighted by Gasteiger charge is 2.27. The van der Waals surface area contributed by atoms with Crippen LogP contribution in [-0.2, 0) is 4.79 Å². The number of aromatic nitrogens is 5. The fourth-order valence-corrected chi connectivity index (χ4v) is 2.68. The van der Waals surface area contributed by atoms with Crippen LogP contribution in [0.4, 0.5) is 5.82 Å². The molecule has 0 aliphatic carbocycles. The molecule has 0 bridgehead atoms. The molecule has 8 heteroatoms. The largest absolute Gasteiger partial charge is 0.357 e. The molecule has 0 aromatic carbocycles. The van der Waals surface area contributed by atoms with Crippen LogP contribution in [0.1, 0.15) is 33.1 Å². The van der Waals surface area contributed by atoms with Gasteiger partial charge in [-0.25, -0.2) is 0 Å². The van der Waals surface area contributed by atoms with E-state index in [4.69, 9.17) is 0 Å². The van der Waals surface area contributed by atoms with E-state index in [0.29, 0.717) is 17.5 Å². The quantitative estimate of drug-likeness (QED) is 0.895. The van der Waals surface area contributed by atoms with E-state index >= 15 is 0 Å². The van der Waals surface area contributed by atoms with Crippen molar-refractivity contribution in [3.05, 3.63) is 12.1 Å². The first kappa shape index (κ1) is 13.7. The van der Waals surface area contributed by atoms with Crippen molar-refractivity contribution >= 4 is 17.4 Å². The lowest BCUT2D eigenvalue weighted by atomic mass is 10.0. The molecule has 112 valence electrons. The van der Waals surface area contributed by atoms with Gasteiger partial charge in [-0.15, -0.1) is 14.8 Å². The Morgan fingerprint density at radius 3 is 3.10 bits per heavy atom. The number of carbonyl (C=O) groups excluding carboxylic acids is 1. The SMILES string of the molecule is CC(Nc1ccc2nnnn2n1)C(=O)N1CCCCC1C. The van der Waals surface area contributed by atoms with Crippen LogP contribution < -0.4 is 5.32 Å². The number of tetrazole rings is 1. The molecule has 21 heavy (non-hydrogen) atoms. The van der Waals surface area contributed by atoms with Gasteiger partial charge in [0.2, 0.25) is 5.91 Å². The molecule has 2 atom stereocenters. The number of rotatable bonds is 3. The predicted octanol–water partition coefficient (Wildman–Crippen LogP) is 0.721. The molecular formula is C13H19N7O. The minimum Gasteiger partial charge on any atom is -0.357 e. The lowest BCUT2D eigenvalue weighted by Gasteiger charge is -2.35. The van der Waals surface area contributed by atoms with E-state index in [-0.39, 0.29) is 11.9 Å². The fourth-order valence-electron chi connectivity index (χ4n) is 2.68. The number of hydrogen-bond acceptors (Lipinski definition) is 6. The molecule has 2 aromatic heterocycles. The molecule has 1 aliphatic rings. The summed E-state index contributed by atoms with van der Waals surface area (Å²) in [7, 11) is 0. The van der Waals surface area contributed by atoms with Gasteiger partial charge in [-0.1, -0.05) is 0 Å². The van der Waals surface area contributed by atoms with Gasteiger partial charge in [0.15, 0.2) is 5.65 Å². The third-order valence-electron chi connectivity index (χ3n) is 3.89. The molecule has 1 amide bonds. The Bertz CT molecular complexity index is 640. The minimum atomic E-state index is -0.327. The number of fused-ring (bicyclic) bond motifs is 1. The smallest absolute Gasteiger partial charge is 0.245 e. The Morgan fingerprint density at radius 1 is 1.43 bits per heavy atom. The Labute approximate surface area is 122 Å². The molecule has 3 rings (SSSR count). The highest BCUT2D eigenvalue weighted by Crippen LogP contribution is 2.18. The second kappa shape index (κ2) is 5.63. The number of nitrogens with zero attached hydrogens (tertiary/aromatic N) is 6. The number of likely N-dealkylation sites (tertiary alicyclic amines) is 1.